The Labute approximate surface area is 169 Å². The zero-order valence-electron chi connectivity index (χ0n) is 16.9. The van der Waals surface area contributed by atoms with E-state index < -0.39 is 0 Å². The summed E-state index contributed by atoms with van der Waals surface area (Å²) in [4.78, 5) is 17.7. The molecule has 6 nitrogen and oxygen atoms in total. The van der Waals surface area contributed by atoms with Crippen LogP contribution < -0.4 is 10.1 Å². The lowest BCUT2D eigenvalue weighted by atomic mass is 10.1. The number of ether oxygens (including phenoxy) is 1. The van der Waals surface area contributed by atoms with E-state index in [2.05, 4.69) is 15.4 Å². The molecule has 6 heteroatoms. The van der Waals surface area contributed by atoms with Crippen LogP contribution in [-0.2, 0) is 7.05 Å². The second-order valence-corrected chi connectivity index (χ2v) is 7.08. The number of pyridine rings is 1. The molecule has 2 aromatic carbocycles. The SMILES string of the molecule is Cc1ccc(Oc2ccccc2NC(=O)c2cc(C)nc3c2c(C)nn3C)cc1. The number of benzene rings is 2. The molecule has 4 aromatic rings. The molecular weight excluding hydrogens is 364 g/mol. The molecule has 0 bridgehead atoms. The Kier molecular flexibility index (Phi) is 4.76. The number of aryl methyl sites for hydroxylation is 4. The molecule has 0 aliphatic carbocycles. The highest BCUT2D eigenvalue weighted by Crippen LogP contribution is 2.30. The number of fused-ring (bicyclic) bond motifs is 1. The number of carbonyl (C=O) groups excluding carboxylic acids is 1. The number of carbonyl (C=O) groups is 1. The van der Waals surface area contributed by atoms with E-state index in [4.69, 9.17) is 4.74 Å². The fourth-order valence-corrected chi connectivity index (χ4v) is 3.33. The molecule has 0 unspecified atom stereocenters. The molecule has 0 saturated heterocycles. The number of hydrogen-bond donors (Lipinski definition) is 1. The van der Waals surface area contributed by atoms with Gasteiger partial charge in [-0.25, -0.2) is 4.98 Å². The summed E-state index contributed by atoms with van der Waals surface area (Å²) in [6, 6.07) is 17.0. The molecule has 0 atom stereocenters. The van der Waals surface area contributed by atoms with E-state index >= 15 is 0 Å². The number of amides is 1. The lowest BCUT2D eigenvalue weighted by Gasteiger charge is -2.13. The topological polar surface area (TPSA) is 69.0 Å². The Balaban J connectivity index is 1.68. The largest absolute Gasteiger partial charge is 0.455 e. The minimum atomic E-state index is -0.225. The van der Waals surface area contributed by atoms with Crippen molar-refractivity contribution < 1.29 is 9.53 Å². The van der Waals surface area contributed by atoms with Crippen molar-refractivity contribution in [2.24, 2.45) is 7.05 Å². The van der Waals surface area contributed by atoms with Gasteiger partial charge in [0.2, 0.25) is 0 Å². The van der Waals surface area contributed by atoms with E-state index in [0.717, 1.165) is 22.3 Å². The molecule has 2 aromatic heterocycles. The van der Waals surface area contributed by atoms with Gasteiger partial charge in [-0.05, 0) is 51.1 Å². The summed E-state index contributed by atoms with van der Waals surface area (Å²) >= 11 is 0. The van der Waals surface area contributed by atoms with E-state index in [1.807, 2.05) is 76.3 Å². The summed E-state index contributed by atoms with van der Waals surface area (Å²) in [5.74, 6) is 1.06. The fraction of sp³-hybridized carbons (Fsp3) is 0.174. The summed E-state index contributed by atoms with van der Waals surface area (Å²) < 4.78 is 7.69. The first-order valence-electron chi connectivity index (χ1n) is 9.38. The van der Waals surface area contributed by atoms with Crippen LogP contribution in [0, 0.1) is 20.8 Å². The molecule has 1 amide bonds. The highest BCUT2D eigenvalue weighted by Gasteiger charge is 2.19. The third-order valence-electron chi connectivity index (χ3n) is 4.73. The summed E-state index contributed by atoms with van der Waals surface area (Å²) in [5, 5.41) is 8.15. The monoisotopic (exact) mass is 386 g/mol. The van der Waals surface area contributed by atoms with Crippen LogP contribution in [0.3, 0.4) is 0 Å². The Morgan fingerprint density at radius 2 is 1.76 bits per heavy atom. The highest BCUT2D eigenvalue weighted by molar-refractivity contribution is 6.13. The lowest BCUT2D eigenvalue weighted by molar-refractivity contribution is 0.102. The first-order valence-corrected chi connectivity index (χ1v) is 9.38. The Morgan fingerprint density at radius 1 is 1.03 bits per heavy atom. The van der Waals surface area contributed by atoms with E-state index in [1.54, 1.807) is 10.7 Å². The van der Waals surface area contributed by atoms with Gasteiger partial charge in [-0.15, -0.1) is 0 Å². The number of rotatable bonds is 4. The van der Waals surface area contributed by atoms with E-state index in [-0.39, 0.29) is 5.91 Å². The van der Waals surface area contributed by atoms with E-state index in [9.17, 15) is 4.79 Å². The average Bonchev–Trinajstić information content (AvgIpc) is 2.98. The van der Waals surface area contributed by atoms with Gasteiger partial charge in [0.05, 0.1) is 22.3 Å². The van der Waals surface area contributed by atoms with Crippen molar-refractivity contribution in [1.82, 2.24) is 14.8 Å². The van der Waals surface area contributed by atoms with Gasteiger partial charge in [0.25, 0.3) is 5.91 Å². The van der Waals surface area contributed by atoms with Gasteiger partial charge < -0.3 is 10.1 Å². The predicted octanol–water partition coefficient (Wildman–Crippen LogP) is 4.94. The summed E-state index contributed by atoms with van der Waals surface area (Å²) in [5.41, 5.74) is 4.52. The van der Waals surface area contributed by atoms with Crippen LogP contribution >= 0.6 is 0 Å². The minimum Gasteiger partial charge on any atom is -0.455 e. The van der Waals surface area contributed by atoms with Crippen molar-refractivity contribution in [3.63, 3.8) is 0 Å². The highest BCUT2D eigenvalue weighted by atomic mass is 16.5. The second kappa shape index (κ2) is 7.39. The van der Waals surface area contributed by atoms with Crippen LogP contribution in [0.4, 0.5) is 5.69 Å². The Bertz CT molecular complexity index is 1210. The molecule has 2 heterocycles. The first kappa shape index (κ1) is 18.7. The molecule has 0 saturated carbocycles. The molecular formula is C23H22N4O2. The zero-order valence-corrected chi connectivity index (χ0v) is 16.9. The van der Waals surface area contributed by atoms with Crippen molar-refractivity contribution >= 4 is 22.6 Å². The van der Waals surface area contributed by atoms with Gasteiger partial charge in [0.15, 0.2) is 11.4 Å². The van der Waals surface area contributed by atoms with Gasteiger partial charge in [-0.2, -0.15) is 5.10 Å². The summed E-state index contributed by atoms with van der Waals surface area (Å²) in [6.07, 6.45) is 0. The van der Waals surface area contributed by atoms with E-state index in [0.29, 0.717) is 28.4 Å². The molecule has 1 N–H and O–H groups in total. The third kappa shape index (κ3) is 3.69. The second-order valence-electron chi connectivity index (χ2n) is 7.08. The molecule has 146 valence electrons. The van der Waals surface area contributed by atoms with E-state index in [1.165, 1.54) is 0 Å². The normalized spacial score (nSPS) is 10.9. The predicted molar refractivity (Wildman–Crippen MR) is 114 cm³/mol. The molecule has 29 heavy (non-hydrogen) atoms. The quantitative estimate of drug-likeness (QED) is 0.539. The molecule has 0 aliphatic heterocycles. The summed E-state index contributed by atoms with van der Waals surface area (Å²) in [6.45, 7) is 5.77. The van der Waals surface area contributed by atoms with Crippen LogP contribution in [0.5, 0.6) is 11.5 Å². The molecule has 0 fully saturated rings. The van der Waals surface area contributed by atoms with Crippen LogP contribution in [-0.4, -0.2) is 20.7 Å². The standard InChI is InChI=1S/C23H22N4O2/c1-14-9-11-17(12-10-14)29-20-8-6-5-7-19(20)25-23(28)18-13-15(2)24-22-21(18)16(3)26-27(22)4/h5-13H,1-4H3,(H,25,28). The van der Waals surface area contributed by atoms with Gasteiger partial charge in [-0.3, -0.25) is 9.48 Å². The van der Waals surface area contributed by atoms with Gasteiger partial charge in [-0.1, -0.05) is 29.8 Å². The third-order valence-corrected chi connectivity index (χ3v) is 4.73. The van der Waals surface area contributed by atoms with Crippen molar-refractivity contribution in [3.8, 4) is 11.5 Å². The maximum atomic E-state index is 13.2. The molecule has 4 rings (SSSR count). The molecule has 0 aliphatic rings. The number of para-hydroxylation sites is 2. The van der Waals surface area contributed by atoms with Gasteiger partial charge in [0.1, 0.15) is 5.75 Å². The van der Waals surface area contributed by atoms with Crippen molar-refractivity contribution in [2.45, 2.75) is 20.8 Å². The number of aromatic nitrogens is 3. The summed E-state index contributed by atoms with van der Waals surface area (Å²) in [7, 11) is 1.83. The lowest BCUT2D eigenvalue weighted by Crippen LogP contribution is -2.14. The maximum Gasteiger partial charge on any atom is 0.256 e. The number of nitrogens with zero attached hydrogens (tertiary/aromatic N) is 3. The van der Waals surface area contributed by atoms with Crippen molar-refractivity contribution in [3.05, 3.63) is 77.1 Å². The van der Waals surface area contributed by atoms with Crippen LogP contribution in [0.2, 0.25) is 0 Å². The van der Waals surface area contributed by atoms with Crippen LogP contribution in [0.15, 0.2) is 54.6 Å². The van der Waals surface area contributed by atoms with Gasteiger partial charge in [0, 0.05) is 12.7 Å². The smallest absolute Gasteiger partial charge is 0.256 e. The molecule has 0 radical (unpaired) electrons. The van der Waals surface area contributed by atoms with Crippen molar-refractivity contribution in [1.29, 1.82) is 0 Å². The maximum absolute atomic E-state index is 13.2. The van der Waals surface area contributed by atoms with Gasteiger partial charge >= 0.3 is 0 Å². The molecule has 0 spiro atoms. The number of nitrogens with one attached hydrogen (secondary N) is 1. The minimum absolute atomic E-state index is 0.225. The number of anilines is 1. The van der Waals surface area contributed by atoms with Crippen molar-refractivity contribution in [2.75, 3.05) is 5.32 Å². The Morgan fingerprint density at radius 3 is 2.52 bits per heavy atom. The number of hydrogen-bond acceptors (Lipinski definition) is 4. The Hall–Kier alpha value is -3.67. The van der Waals surface area contributed by atoms with Crippen LogP contribution in [0.1, 0.15) is 27.3 Å². The zero-order chi connectivity index (χ0) is 20.5. The average molecular weight is 386 g/mol. The first-order chi connectivity index (χ1) is 13.9. The fourth-order valence-electron chi connectivity index (χ4n) is 3.33. The van der Waals surface area contributed by atoms with Crippen LogP contribution in [0.25, 0.3) is 11.0 Å².